The fourth-order valence-corrected chi connectivity index (χ4v) is 3.04. The van der Waals surface area contributed by atoms with Gasteiger partial charge >= 0.3 is 8.60 Å². The van der Waals surface area contributed by atoms with Crippen LogP contribution in [0.3, 0.4) is 0 Å². The number of hydrogen-bond donors (Lipinski definition) is 1. The topological polar surface area (TPSA) is 38.7 Å². The number of benzene rings is 1. The van der Waals surface area contributed by atoms with E-state index in [9.17, 15) is 4.89 Å². The lowest BCUT2D eigenvalue weighted by atomic mass is 9.83. The maximum atomic E-state index is 9.44. The van der Waals surface area contributed by atoms with Crippen molar-refractivity contribution in [1.29, 1.82) is 0 Å². The SMILES string of the molecule is CC1(C)CO[P@](O)OC1c1ccccc1Cl. The van der Waals surface area contributed by atoms with Gasteiger partial charge in [-0.3, -0.25) is 0 Å². The molecule has 1 N–H and O–H groups in total. The molecule has 1 aliphatic rings. The average Bonchev–Trinajstić information content (AvgIpc) is 2.23. The summed E-state index contributed by atoms with van der Waals surface area (Å²) in [5.41, 5.74) is 0.700. The van der Waals surface area contributed by atoms with Crippen LogP contribution in [0, 0.1) is 5.41 Å². The summed E-state index contributed by atoms with van der Waals surface area (Å²) >= 11 is 6.14. The van der Waals surface area contributed by atoms with Crippen LogP contribution >= 0.6 is 20.2 Å². The predicted molar refractivity (Wildman–Crippen MR) is 64.1 cm³/mol. The molecule has 1 heterocycles. The lowest BCUT2D eigenvalue weighted by molar-refractivity contribution is -0.0276. The molecule has 16 heavy (non-hydrogen) atoms. The molecule has 1 fully saturated rings. The second-order valence-electron chi connectivity index (χ2n) is 4.51. The maximum absolute atomic E-state index is 9.44. The van der Waals surface area contributed by atoms with E-state index in [4.69, 9.17) is 20.6 Å². The lowest BCUT2D eigenvalue weighted by Crippen LogP contribution is -2.32. The molecule has 0 amide bonds. The van der Waals surface area contributed by atoms with Crippen molar-refractivity contribution >= 4 is 20.2 Å². The van der Waals surface area contributed by atoms with Crippen LogP contribution in [0.5, 0.6) is 0 Å². The number of halogens is 1. The van der Waals surface area contributed by atoms with Gasteiger partial charge in [-0.25, -0.2) is 0 Å². The Labute approximate surface area is 101 Å². The number of rotatable bonds is 1. The van der Waals surface area contributed by atoms with E-state index in [2.05, 4.69) is 0 Å². The van der Waals surface area contributed by atoms with E-state index in [1.807, 2.05) is 38.1 Å². The summed E-state index contributed by atoms with van der Waals surface area (Å²) in [6.07, 6.45) is -0.230. The van der Waals surface area contributed by atoms with Gasteiger partial charge in [0.25, 0.3) is 0 Å². The standard InChI is InChI=1S/C11H14ClO3P/c1-11(2)7-14-16(13)15-10(11)8-5-3-4-6-9(8)12/h3-6,10,13H,7H2,1-2H3/t10?,16-/m0/s1. The van der Waals surface area contributed by atoms with Crippen LogP contribution in [0.2, 0.25) is 5.02 Å². The molecule has 2 atom stereocenters. The fourth-order valence-electron chi connectivity index (χ4n) is 1.73. The second kappa shape index (κ2) is 4.59. The van der Waals surface area contributed by atoms with Crippen LogP contribution in [0.1, 0.15) is 25.5 Å². The minimum Gasteiger partial charge on any atom is -0.328 e. The van der Waals surface area contributed by atoms with Gasteiger partial charge in [0, 0.05) is 16.0 Å². The Bertz CT molecular complexity index is 383. The Morgan fingerprint density at radius 1 is 1.44 bits per heavy atom. The molecule has 1 unspecified atom stereocenters. The summed E-state index contributed by atoms with van der Waals surface area (Å²) in [5.74, 6) is 0. The van der Waals surface area contributed by atoms with Crippen molar-refractivity contribution in [3.63, 3.8) is 0 Å². The molecule has 0 saturated carbocycles. The van der Waals surface area contributed by atoms with Gasteiger partial charge in [0.2, 0.25) is 0 Å². The molecule has 1 aromatic carbocycles. The third-order valence-electron chi connectivity index (χ3n) is 2.64. The molecule has 3 nitrogen and oxygen atoms in total. The molecule has 0 bridgehead atoms. The van der Waals surface area contributed by atoms with Gasteiger partial charge in [-0.2, -0.15) is 0 Å². The smallest absolute Gasteiger partial charge is 0.328 e. The normalized spacial score (nSPS) is 29.0. The largest absolute Gasteiger partial charge is 0.330 e. The molecule has 1 aromatic rings. The quantitative estimate of drug-likeness (QED) is 0.783. The zero-order valence-electron chi connectivity index (χ0n) is 9.18. The monoisotopic (exact) mass is 260 g/mol. The van der Waals surface area contributed by atoms with E-state index in [0.717, 1.165) is 5.56 Å². The highest BCUT2D eigenvalue weighted by atomic mass is 35.5. The van der Waals surface area contributed by atoms with Gasteiger partial charge in [0.05, 0.1) is 6.61 Å². The fraction of sp³-hybridized carbons (Fsp3) is 0.455. The van der Waals surface area contributed by atoms with Crippen molar-refractivity contribution in [3.8, 4) is 0 Å². The van der Waals surface area contributed by atoms with E-state index in [1.165, 1.54) is 0 Å². The van der Waals surface area contributed by atoms with Crippen molar-refractivity contribution in [2.45, 2.75) is 20.0 Å². The minimum atomic E-state index is -1.78. The molecule has 2 rings (SSSR count). The summed E-state index contributed by atoms with van der Waals surface area (Å²) in [6, 6.07) is 7.53. The van der Waals surface area contributed by atoms with Crippen molar-refractivity contribution in [1.82, 2.24) is 0 Å². The van der Waals surface area contributed by atoms with E-state index >= 15 is 0 Å². The Morgan fingerprint density at radius 2 is 2.12 bits per heavy atom. The van der Waals surface area contributed by atoms with Gasteiger partial charge in [-0.05, 0) is 6.07 Å². The van der Waals surface area contributed by atoms with Gasteiger partial charge in [0.1, 0.15) is 6.10 Å². The molecule has 5 heteroatoms. The Morgan fingerprint density at radius 3 is 2.81 bits per heavy atom. The van der Waals surface area contributed by atoms with Crippen molar-refractivity contribution in [3.05, 3.63) is 34.9 Å². The highest BCUT2D eigenvalue weighted by Crippen LogP contribution is 2.53. The maximum Gasteiger partial charge on any atom is 0.330 e. The Hall–Kier alpha value is -0.180. The van der Waals surface area contributed by atoms with Crippen LogP contribution < -0.4 is 0 Å². The van der Waals surface area contributed by atoms with Gasteiger partial charge in [0.15, 0.2) is 0 Å². The summed E-state index contributed by atoms with van der Waals surface area (Å²) in [6.45, 7) is 4.53. The third-order valence-corrected chi connectivity index (χ3v) is 3.73. The Balaban J connectivity index is 2.34. The summed E-state index contributed by atoms with van der Waals surface area (Å²) in [7, 11) is -1.78. The summed E-state index contributed by atoms with van der Waals surface area (Å²) in [5, 5.41) is 0.658. The second-order valence-corrected chi connectivity index (χ2v) is 5.86. The zero-order valence-corrected chi connectivity index (χ0v) is 10.8. The van der Waals surface area contributed by atoms with Crippen LogP contribution in [-0.4, -0.2) is 11.5 Å². The highest BCUT2D eigenvalue weighted by Gasteiger charge is 2.40. The third kappa shape index (κ3) is 2.39. The molecule has 0 radical (unpaired) electrons. The zero-order chi connectivity index (χ0) is 11.8. The van der Waals surface area contributed by atoms with E-state index in [-0.39, 0.29) is 11.5 Å². The first kappa shape index (κ1) is 12.3. The van der Waals surface area contributed by atoms with E-state index in [0.29, 0.717) is 11.6 Å². The first-order chi connectivity index (χ1) is 7.50. The molecule has 0 spiro atoms. The Kier molecular flexibility index (Phi) is 3.53. The molecule has 0 aromatic heterocycles. The molecule has 1 aliphatic heterocycles. The van der Waals surface area contributed by atoms with Crippen molar-refractivity contribution < 1.29 is 13.9 Å². The molecule has 1 saturated heterocycles. The minimum absolute atomic E-state index is 0.202. The molecular weight excluding hydrogens is 247 g/mol. The lowest BCUT2D eigenvalue weighted by Gasteiger charge is -2.39. The first-order valence-corrected chi connectivity index (χ1v) is 6.55. The van der Waals surface area contributed by atoms with Crippen LogP contribution in [0.15, 0.2) is 24.3 Å². The summed E-state index contributed by atoms with van der Waals surface area (Å²) in [4.78, 5) is 9.44. The molecule has 0 aliphatic carbocycles. The first-order valence-electron chi connectivity index (χ1n) is 5.04. The molecule has 88 valence electrons. The van der Waals surface area contributed by atoms with Crippen LogP contribution in [-0.2, 0) is 9.05 Å². The van der Waals surface area contributed by atoms with Crippen molar-refractivity contribution in [2.24, 2.45) is 5.41 Å². The van der Waals surface area contributed by atoms with Crippen molar-refractivity contribution in [2.75, 3.05) is 6.61 Å². The molecular formula is C11H14ClO3P. The van der Waals surface area contributed by atoms with Gasteiger partial charge in [-0.15, -0.1) is 0 Å². The highest BCUT2D eigenvalue weighted by molar-refractivity contribution is 7.40. The van der Waals surface area contributed by atoms with E-state index < -0.39 is 8.60 Å². The predicted octanol–water partition coefficient (Wildman–Crippen LogP) is 3.67. The van der Waals surface area contributed by atoms with E-state index in [1.54, 1.807) is 0 Å². The van der Waals surface area contributed by atoms with Crippen LogP contribution in [0.4, 0.5) is 0 Å². The summed E-state index contributed by atoms with van der Waals surface area (Å²) < 4.78 is 10.6. The van der Waals surface area contributed by atoms with Gasteiger partial charge in [-0.1, -0.05) is 43.6 Å². The average molecular weight is 261 g/mol. The van der Waals surface area contributed by atoms with Gasteiger partial charge < -0.3 is 13.9 Å². The van der Waals surface area contributed by atoms with Crippen LogP contribution in [0.25, 0.3) is 0 Å². The number of hydrogen-bond acceptors (Lipinski definition) is 3.